The third kappa shape index (κ3) is 3.39. The van der Waals surface area contributed by atoms with E-state index in [9.17, 15) is 8.42 Å². The highest BCUT2D eigenvalue weighted by atomic mass is 32.2. The first kappa shape index (κ1) is 19.2. The summed E-state index contributed by atoms with van der Waals surface area (Å²) in [5.74, 6) is 0.490. The molecule has 29 heavy (non-hydrogen) atoms. The molecule has 0 saturated carbocycles. The highest BCUT2D eigenvalue weighted by molar-refractivity contribution is 7.92. The predicted molar refractivity (Wildman–Crippen MR) is 112 cm³/mol. The number of fused-ring (bicyclic) bond motifs is 1. The van der Waals surface area contributed by atoms with E-state index in [0.717, 1.165) is 16.7 Å². The van der Waals surface area contributed by atoms with Crippen LogP contribution in [0.25, 0.3) is 0 Å². The molecule has 0 amide bonds. The maximum Gasteiger partial charge on any atom is 0.265 e. The Labute approximate surface area is 171 Å². The number of nitriles is 1. The molecule has 146 valence electrons. The van der Waals surface area contributed by atoms with Crippen LogP contribution >= 0.6 is 0 Å². The van der Waals surface area contributed by atoms with E-state index in [1.165, 1.54) is 4.31 Å². The van der Waals surface area contributed by atoms with Gasteiger partial charge in [-0.2, -0.15) is 5.26 Å². The van der Waals surface area contributed by atoms with Crippen molar-refractivity contribution in [3.05, 3.63) is 89.1 Å². The Morgan fingerprint density at radius 1 is 1.10 bits per heavy atom. The number of rotatable bonds is 4. The Balaban J connectivity index is 1.73. The number of pyridine rings is 1. The molecule has 5 nitrogen and oxygen atoms in total. The fourth-order valence-electron chi connectivity index (χ4n) is 3.88. The topological polar surface area (TPSA) is 74.1 Å². The maximum atomic E-state index is 13.4. The summed E-state index contributed by atoms with van der Waals surface area (Å²) in [5, 5.41) is 9.01. The van der Waals surface area contributed by atoms with Crippen LogP contribution in [0.1, 0.15) is 29.2 Å². The van der Waals surface area contributed by atoms with Gasteiger partial charge in [0.15, 0.2) is 0 Å². The number of aryl methyl sites for hydroxylation is 1. The van der Waals surface area contributed by atoms with Gasteiger partial charge in [0.05, 0.1) is 16.5 Å². The second kappa shape index (κ2) is 7.02. The second-order valence-electron chi connectivity index (χ2n) is 7.75. The van der Waals surface area contributed by atoms with E-state index in [1.54, 1.807) is 42.6 Å². The van der Waals surface area contributed by atoms with E-state index in [-0.39, 0.29) is 4.90 Å². The summed E-state index contributed by atoms with van der Waals surface area (Å²) in [6.45, 7) is 4.31. The Morgan fingerprint density at radius 2 is 1.79 bits per heavy atom. The molecule has 1 unspecified atom stereocenters. The van der Waals surface area contributed by atoms with Crippen LogP contribution in [-0.4, -0.2) is 19.9 Å². The van der Waals surface area contributed by atoms with Gasteiger partial charge in [0.2, 0.25) is 0 Å². The smallest absolute Gasteiger partial charge is 0.249 e. The molecule has 0 aliphatic carbocycles. The summed E-state index contributed by atoms with van der Waals surface area (Å²) < 4.78 is 28.2. The normalized spacial score (nSPS) is 18.3. The Bertz CT molecular complexity index is 1200. The lowest BCUT2D eigenvalue weighted by atomic mass is 9.79. The Morgan fingerprint density at radius 3 is 2.45 bits per heavy atom. The van der Waals surface area contributed by atoms with Gasteiger partial charge in [-0.1, -0.05) is 42.8 Å². The molecule has 0 saturated heterocycles. The molecule has 6 heteroatoms. The number of nitrogens with zero attached hydrogens (tertiary/aromatic N) is 3. The van der Waals surface area contributed by atoms with Gasteiger partial charge in [-0.15, -0.1) is 0 Å². The lowest BCUT2D eigenvalue weighted by Gasteiger charge is -2.26. The Hall–Kier alpha value is -3.17. The minimum absolute atomic E-state index is 0.266. The van der Waals surface area contributed by atoms with Crippen LogP contribution in [0.15, 0.2) is 71.8 Å². The van der Waals surface area contributed by atoms with Crippen molar-refractivity contribution in [2.75, 3.05) is 10.8 Å². The average molecular weight is 404 g/mol. The zero-order valence-electron chi connectivity index (χ0n) is 16.3. The summed E-state index contributed by atoms with van der Waals surface area (Å²) in [6, 6.07) is 20.3. The molecular formula is C23H21N3O2S. The third-order valence-electron chi connectivity index (χ3n) is 5.45. The molecule has 2 heterocycles. The highest BCUT2D eigenvalue weighted by Crippen LogP contribution is 2.43. The van der Waals surface area contributed by atoms with Crippen LogP contribution in [0, 0.1) is 18.3 Å². The first-order valence-corrected chi connectivity index (χ1v) is 10.8. The summed E-state index contributed by atoms with van der Waals surface area (Å²) in [4.78, 5) is 4.68. The van der Waals surface area contributed by atoms with Gasteiger partial charge < -0.3 is 0 Å². The molecule has 0 bridgehead atoms. The quantitative estimate of drug-likeness (QED) is 0.661. The monoisotopic (exact) mass is 403 g/mol. The van der Waals surface area contributed by atoms with Crippen LogP contribution in [0.4, 0.5) is 5.82 Å². The van der Waals surface area contributed by atoms with Crippen LogP contribution in [0.2, 0.25) is 0 Å². The highest BCUT2D eigenvalue weighted by Gasteiger charge is 2.44. The third-order valence-corrected chi connectivity index (χ3v) is 7.20. The lowest BCUT2D eigenvalue weighted by Crippen LogP contribution is -2.36. The van der Waals surface area contributed by atoms with E-state index in [4.69, 9.17) is 5.26 Å². The number of hydrogen-bond donors (Lipinski definition) is 0. The van der Waals surface area contributed by atoms with E-state index < -0.39 is 15.4 Å². The number of aromatic nitrogens is 1. The number of anilines is 1. The second-order valence-corrected chi connectivity index (χ2v) is 9.61. The van der Waals surface area contributed by atoms with Gasteiger partial charge in [-0.05, 0) is 49.2 Å². The first-order valence-electron chi connectivity index (χ1n) is 9.37. The van der Waals surface area contributed by atoms with Crippen molar-refractivity contribution >= 4 is 15.8 Å². The zero-order chi connectivity index (χ0) is 20.6. The predicted octanol–water partition coefficient (Wildman–Crippen LogP) is 3.97. The molecule has 0 N–H and O–H groups in total. The van der Waals surface area contributed by atoms with Crippen molar-refractivity contribution in [1.82, 2.24) is 4.98 Å². The van der Waals surface area contributed by atoms with Crippen LogP contribution in [0.5, 0.6) is 0 Å². The van der Waals surface area contributed by atoms with E-state index >= 15 is 0 Å². The van der Waals surface area contributed by atoms with Crippen molar-refractivity contribution in [2.24, 2.45) is 0 Å². The summed E-state index contributed by atoms with van der Waals surface area (Å²) in [5.41, 5.74) is 3.16. The zero-order valence-corrected chi connectivity index (χ0v) is 17.1. The van der Waals surface area contributed by atoms with Gasteiger partial charge in [0.25, 0.3) is 10.0 Å². The molecule has 1 aromatic heterocycles. The van der Waals surface area contributed by atoms with Crippen molar-refractivity contribution in [3.8, 4) is 6.07 Å². The fourth-order valence-corrected chi connectivity index (χ4v) is 5.44. The van der Waals surface area contributed by atoms with Crippen molar-refractivity contribution in [2.45, 2.75) is 30.6 Å². The SMILES string of the molecule is Cc1ccc(S(=O)(=O)N2CC(C)(Cc3ccc(C#N)cc3)c3cccnc32)cc1. The van der Waals surface area contributed by atoms with Gasteiger partial charge in [-0.25, -0.2) is 17.7 Å². The Kier molecular flexibility index (Phi) is 4.64. The van der Waals surface area contributed by atoms with Gasteiger partial charge in [0, 0.05) is 23.7 Å². The minimum Gasteiger partial charge on any atom is -0.249 e. The molecule has 1 aliphatic rings. The molecule has 2 aromatic carbocycles. The standard InChI is InChI=1S/C23H21N3O2S/c1-17-5-11-20(12-6-17)29(27,28)26-16-23(2,21-4-3-13-25-22(21)26)14-18-7-9-19(15-24)10-8-18/h3-13H,14,16H2,1-2H3. The maximum absolute atomic E-state index is 13.4. The average Bonchev–Trinajstić information content (AvgIpc) is 3.03. The van der Waals surface area contributed by atoms with Crippen LogP contribution in [-0.2, 0) is 21.9 Å². The molecule has 0 radical (unpaired) electrons. The number of benzene rings is 2. The van der Waals surface area contributed by atoms with Crippen molar-refractivity contribution in [3.63, 3.8) is 0 Å². The van der Waals surface area contributed by atoms with Crippen LogP contribution in [0.3, 0.4) is 0 Å². The summed E-state index contributed by atoms with van der Waals surface area (Å²) in [6.07, 6.45) is 2.28. The van der Waals surface area contributed by atoms with E-state index in [1.807, 2.05) is 31.2 Å². The molecule has 0 fully saturated rings. The van der Waals surface area contributed by atoms with Gasteiger partial charge >= 0.3 is 0 Å². The minimum atomic E-state index is -3.72. The first-order chi connectivity index (χ1) is 13.8. The molecule has 0 spiro atoms. The number of hydrogen-bond acceptors (Lipinski definition) is 4. The van der Waals surface area contributed by atoms with Gasteiger partial charge in [-0.3, -0.25) is 0 Å². The lowest BCUT2D eigenvalue weighted by molar-refractivity contribution is 0.504. The van der Waals surface area contributed by atoms with Crippen molar-refractivity contribution < 1.29 is 8.42 Å². The van der Waals surface area contributed by atoms with Crippen molar-refractivity contribution in [1.29, 1.82) is 5.26 Å². The van der Waals surface area contributed by atoms with E-state index in [2.05, 4.69) is 18.0 Å². The molecule has 3 aromatic rings. The summed E-state index contributed by atoms with van der Waals surface area (Å²) in [7, 11) is -3.72. The van der Waals surface area contributed by atoms with Gasteiger partial charge in [0.1, 0.15) is 5.82 Å². The number of sulfonamides is 1. The summed E-state index contributed by atoms with van der Waals surface area (Å²) >= 11 is 0. The van der Waals surface area contributed by atoms with Crippen LogP contribution < -0.4 is 4.31 Å². The molecule has 1 aliphatic heterocycles. The molecule has 4 rings (SSSR count). The molecule has 1 atom stereocenters. The fraction of sp³-hybridized carbons (Fsp3) is 0.217. The largest absolute Gasteiger partial charge is 0.265 e. The molecular weight excluding hydrogens is 382 g/mol. The van der Waals surface area contributed by atoms with E-state index in [0.29, 0.717) is 24.3 Å².